The molecule has 1 saturated heterocycles. The van der Waals surface area contributed by atoms with Gasteiger partial charge < -0.3 is 37.2 Å². The van der Waals surface area contributed by atoms with Crippen molar-refractivity contribution in [2.24, 2.45) is 17.4 Å². The number of nitrogens with zero attached hydrogens (tertiary/aromatic N) is 1. The van der Waals surface area contributed by atoms with E-state index in [-0.39, 0.29) is 13.0 Å². The zero-order chi connectivity index (χ0) is 23.9. The number of amides is 4. The summed E-state index contributed by atoms with van der Waals surface area (Å²) in [6, 6.07) is -5.05. The average molecular weight is 443 g/mol. The molecule has 0 spiro atoms. The summed E-state index contributed by atoms with van der Waals surface area (Å²) in [5, 5.41) is 22.6. The number of carbonyl (C=O) groups excluding carboxylic acids is 4. The molecule has 13 nitrogen and oxygen atoms in total. The summed E-state index contributed by atoms with van der Waals surface area (Å²) in [6.07, 6.45) is -0.500. The van der Waals surface area contributed by atoms with Crippen LogP contribution in [-0.2, 0) is 28.8 Å². The number of hydrogen-bond acceptors (Lipinski definition) is 7. The number of primary amides is 1. The average Bonchev–Trinajstić information content (AvgIpc) is 3.12. The second-order valence-electron chi connectivity index (χ2n) is 7.69. The van der Waals surface area contributed by atoms with Crippen LogP contribution in [0.15, 0.2) is 0 Å². The summed E-state index contributed by atoms with van der Waals surface area (Å²) in [4.78, 5) is 72.3. The highest BCUT2D eigenvalue weighted by molar-refractivity contribution is 5.96. The molecule has 1 heterocycles. The Hall–Kier alpha value is -3.22. The smallest absolute Gasteiger partial charge is 0.326 e. The van der Waals surface area contributed by atoms with Crippen LogP contribution in [0.5, 0.6) is 0 Å². The van der Waals surface area contributed by atoms with Gasteiger partial charge in [-0.15, -0.1) is 0 Å². The van der Waals surface area contributed by atoms with E-state index < -0.39 is 78.5 Å². The summed E-state index contributed by atoms with van der Waals surface area (Å²) in [5.74, 6) is -6.31. The number of aliphatic carboxylic acids is 2. The minimum Gasteiger partial charge on any atom is -0.481 e. The number of likely N-dealkylation sites (tertiary alicyclic amines) is 1. The lowest BCUT2D eigenvalue weighted by molar-refractivity contribution is -0.145. The predicted octanol–water partition coefficient (Wildman–Crippen LogP) is -2.63. The van der Waals surface area contributed by atoms with Crippen LogP contribution in [0, 0.1) is 5.92 Å². The van der Waals surface area contributed by atoms with Gasteiger partial charge in [0, 0.05) is 6.54 Å². The van der Waals surface area contributed by atoms with Crippen LogP contribution >= 0.6 is 0 Å². The molecule has 4 amide bonds. The highest BCUT2D eigenvalue weighted by atomic mass is 16.4. The second-order valence-corrected chi connectivity index (χ2v) is 7.69. The normalized spacial score (nSPS) is 18.7. The highest BCUT2D eigenvalue weighted by Crippen LogP contribution is 2.19. The van der Waals surface area contributed by atoms with Crippen LogP contribution in [0.25, 0.3) is 0 Å². The molecule has 1 aliphatic heterocycles. The fourth-order valence-electron chi connectivity index (χ4n) is 3.24. The zero-order valence-electron chi connectivity index (χ0n) is 17.4. The summed E-state index contributed by atoms with van der Waals surface area (Å²) < 4.78 is 0. The van der Waals surface area contributed by atoms with Crippen LogP contribution in [0.2, 0.25) is 0 Å². The highest BCUT2D eigenvalue weighted by Gasteiger charge is 2.38. The largest absolute Gasteiger partial charge is 0.481 e. The molecule has 4 atom stereocenters. The number of nitrogens with one attached hydrogen (secondary N) is 2. The van der Waals surface area contributed by atoms with E-state index in [2.05, 4.69) is 10.6 Å². The van der Waals surface area contributed by atoms with Crippen LogP contribution in [0.1, 0.15) is 39.5 Å². The van der Waals surface area contributed by atoms with Gasteiger partial charge in [-0.1, -0.05) is 13.8 Å². The van der Waals surface area contributed by atoms with Crippen LogP contribution < -0.4 is 22.1 Å². The minimum absolute atomic E-state index is 0.172. The predicted molar refractivity (Wildman–Crippen MR) is 105 cm³/mol. The van der Waals surface area contributed by atoms with Crippen LogP contribution in [0.3, 0.4) is 0 Å². The number of nitrogens with two attached hydrogens (primary N) is 2. The fraction of sp³-hybridized carbons (Fsp3) is 0.667. The molecule has 1 fully saturated rings. The van der Waals surface area contributed by atoms with Gasteiger partial charge in [0.15, 0.2) is 0 Å². The summed E-state index contributed by atoms with van der Waals surface area (Å²) in [5.41, 5.74) is 10.8. The Morgan fingerprint density at radius 1 is 1.06 bits per heavy atom. The van der Waals surface area contributed by atoms with Gasteiger partial charge in [-0.05, 0) is 18.8 Å². The number of hydrogen-bond donors (Lipinski definition) is 6. The number of carbonyl (C=O) groups is 6. The van der Waals surface area contributed by atoms with Crippen molar-refractivity contribution in [3.63, 3.8) is 0 Å². The van der Waals surface area contributed by atoms with Crippen molar-refractivity contribution in [2.75, 3.05) is 6.54 Å². The standard InChI is InChI=1S/C18H29N5O8/c1-8(2)14(18(30)31)22-15(27)10(7-12(20)24)21-16(28)11-4-3-5-23(11)17(29)9(19)6-13(25)26/h8-11,14H,3-7,19H2,1-2H3,(H2,20,24)(H,21,28)(H,22,27)(H,25,26)(H,30,31). The van der Waals surface area contributed by atoms with E-state index >= 15 is 0 Å². The quantitative estimate of drug-likeness (QED) is 0.196. The Morgan fingerprint density at radius 3 is 2.16 bits per heavy atom. The van der Waals surface area contributed by atoms with E-state index in [1.807, 2.05) is 0 Å². The summed E-state index contributed by atoms with van der Waals surface area (Å²) in [6.45, 7) is 3.32. The molecule has 0 aromatic carbocycles. The lowest BCUT2D eigenvalue weighted by Crippen LogP contribution is -2.58. The van der Waals surface area contributed by atoms with Crippen LogP contribution in [-0.4, -0.2) is 81.4 Å². The molecule has 0 bridgehead atoms. The van der Waals surface area contributed by atoms with Gasteiger partial charge in [0.05, 0.1) is 18.9 Å². The van der Waals surface area contributed by atoms with E-state index in [0.29, 0.717) is 6.42 Å². The lowest BCUT2D eigenvalue weighted by atomic mass is 10.0. The molecule has 0 saturated carbocycles. The van der Waals surface area contributed by atoms with Crippen molar-refractivity contribution in [1.82, 2.24) is 15.5 Å². The topological polar surface area (TPSA) is 222 Å². The van der Waals surface area contributed by atoms with Gasteiger partial charge in [-0.2, -0.15) is 0 Å². The third-order valence-electron chi connectivity index (χ3n) is 4.82. The molecule has 0 radical (unpaired) electrons. The van der Waals surface area contributed by atoms with Crippen molar-refractivity contribution in [2.45, 2.75) is 63.7 Å². The number of rotatable bonds is 11. The van der Waals surface area contributed by atoms with E-state index in [4.69, 9.17) is 16.6 Å². The summed E-state index contributed by atoms with van der Waals surface area (Å²) in [7, 11) is 0. The molecular formula is C18H29N5O8. The third kappa shape index (κ3) is 7.51. The molecule has 4 unspecified atom stereocenters. The molecule has 174 valence electrons. The first-order chi connectivity index (χ1) is 14.3. The second kappa shape index (κ2) is 11.2. The maximum Gasteiger partial charge on any atom is 0.326 e. The van der Waals surface area contributed by atoms with Gasteiger partial charge in [0.25, 0.3) is 0 Å². The Kier molecular flexibility index (Phi) is 9.37. The van der Waals surface area contributed by atoms with Gasteiger partial charge in [-0.25, -0.2) is 4.79 Å². The first kappa shape index (κ1) is 25.8. The van der Waals surface area contributed by atoms with Crippen molar-refractivity contribution in [3.8, 4) is 0 Å². The van der Waals surface area contributed by atoms with Crippen molar-refractivity contribution < 1.29 is 39.0 Å². The Labute approximate surface area is 178 Å². The molecule has 1 rings (SSSR count). The monoisotopic (exact) mass is 443 g/mol. The van der Waals surface area contributed by atoms with Gasteiger partial charge in [0.1, 0.15) is 18.1 Å². The van der Waals surface area contributed by atoms with Crippen molar-refractivity contribution in [1.29, 1.82) is 0 Å². The SMILES string of the molecule is CC(C)C(NC(=O)C(CC(N)=O)NC(=O)C1CCCN1C(=O)C(N)CC(=O)O)C(=O)O. The fourth-order valence-corrected chi connectivity index (χ4v) is 3.24. The maximum absolute atomic E-state index is 12.7. The zero-order valence-corrected chi connectivity index (χ0v) is 17.4. The molecule has 31 heavy (non-hydrogen) atoms. The van der Waals surface area contributed by atoms with Gasteiger partial charge >= 0.3 is 11.9 Å². The first-order valence-corrected chi connectivity index (χ1v) is 9.74. The molecule has 0 aromatic rings. The van der Waals surface area contributed by atoms with Gasteiger partial charge in [0.2, 0.25) is 23.6 Å². The first-order valence-electron chi connectivity index (χ1n) is 9.74. The Balaban J connectivity index is 2.94. The van der Waals surface area contributed by atoms with Crippen molar-refractivity contribution >= 4 is 35.6 Å². The Bertz CT molecular complexity index is 740. The van der Waals surface area contributed by atoms with E-state index in [9.17, 15) is 33.9 Å². The number of carboxylic acid groups (broad SMARTS) is 2. The minimum atomic E-state index is -1.45. The molecule has 13 heteroatoms. The summed E-state index contributed by atoms with van der Waals surface area (Å²) >= 11 is 0. The van der Waals surface area contributed by atoms with Crippen LogP contribution in [0.4, 0.5) is 0 Å². The van der Waals surface area contributed by atoms with E-state index in [0.717, 1.165) is 4.90 Å². The molecule has 0 aromatic heterocycles. The molecule has 1 aliphatic rings. The van der Waals surface area contributed by atoms with E-state index in [1.165, 1.54) is 0 Å². The maximum atomic E-state index is 12.7. The third-order valence-corrected chi connectivity index (χ3v) is 4.82. The Morgan fingerprint density at radius 2 is 1.68 bits per heavy atom. The van der Waals surface area contributed by atoms with Crippen molar-refractivity contribution in [3.05, 3.63) is 0 Å². The number of carboxylic acids is 2. The van der Waals surface area contributed by atoms with E-state index in [1.54, 1.807) is 13.8 Å². The lowest BCUT2D eigenvalue weighted by Gasteiger charge is -2.28. The van der Waals surface area contributed by atoms with Gasteiger partial charge in [-0.3, -0.25) is 24.0 Å². The molecular weight excluding hydrogens is 414 g/mol. The molecule has 0 aliphatic carbocycles. The molecule has 8 N–H and O–H groups in total.